The zero-order valence-corrected chi connectivity index (χ0v) is 7.39. The summed E-state index contributed by atoms with van der Waals surface area (Å²) in [5, 5.41) is 6.83. The lowest BCUT2D eigenvalue weighted by Gasteiger charge is -1.93. The molecule has 5 heteroatoms. The minimum Gasteiger partial charge on any atom is -0.323 e. The van der Waals surface area contributed by atoms with Crippen LogP contribution in [0.3, 0.4) is 0 Å². The van der Waals surface area contributed by atoms with Gasteiger partial charge in [-0.15, -0.1) is 11.3 Å². The van der Waals surface area contributed by atoms with E-state index in [1.807, 2.05) is 12.1 Å². The van der Waals surface area contributed by atoms with Crippen LogP contribution in [0.25, 0.3) is 0 Å². The summed E-state index contributed by atoms with van der Waals surface area (Å²) in [5.41, 5.74) is 0. The van der Waals surface area contributed by atoms with Crippen LogP contribution in [0.1, 0.15) is 11.8 Å². The first-order valence-corrected chi connectivity index (χ1v) is 4.14. The molecule has 0 saturated carbocycles. The van der Waals surface area contributed by atoms with Crippen LogP contribution in [-0.4, -0.2) is 12.1 Å². The van der Waals surface area contributed by atoms with E-state index in [9.17, 15) is 4.79 Å². The van der Waals surface area contributed by atoms with Crippen molar-refractivity contribution >= 4 is 28.5 Å². The summed E-state index contributed by atoms with van der Waals surface area (Å²) >= 11 is 1.42. The molecule has 0 unspecified atom stereocenters. The molecule has 0 spiro atoms. The number of nitrogens with two attached hydrogens (primary N) is 1. The second kappa shape index (κ2) is 3.87. The lowest BCUT2D eigenvalue weighted by molar-refractivity contribution is -0.114. The molecule has 1 heterocycles. The molecule has 0 bridgehead atoms. The Morgan fingerprint density at radius 1 is 1.75 bits per heavy atom. The van der Waals surface area contributed by atoms with Crippen LogP contribution in [0.5, 0.6) is 0 Å². The third-order valence-electron chi connectivity index (χ3n) is 1.13. The molecule has 0 aliphatic carbocycles. The maximum atomic E-state index is 10.6. The fourth-order valence-corrected chi connectivity index (χ4v) is 1.57. The molecule has 0 aromatic carbocycles. The van der Waals surface area contributed by atoms with Crippen molar-refractivity contribution in [3.63, 3.8) is 0 Å². The van der Waals surface area contributed by atoms with Crippen molar-refractivity contribution in [2.24, 2.45) is 10.9 Å². The number of anilines is 1. The average Bonchev–Trinajstić information content (AvgIpc) is 2.36. The van der Waals surface area contributed by atoms with Crippen molar-refractivity contribution in [3.05, 3.63) is 17.0 Å². The number of hydrogen-bond acceptors (Lipinski definition) is 4. The van der Waals surface area contributed by atoms with E-state index in [0.29, 0.717) is 0 Å². The average molecular weight is 183 g/mol. The molecule has 3 N–H and O–H groups in total. The van der Waals surface area contributed by atoms with Gasteiger partial charge in [-0.25, -0.2) is 0 Å². The molecular formula is C7H9N3OS. The zero-order chi connectivity index (χ0) is 8.97. The maximum absolute atomic E-state index is 10.6. The summed E-state index contributed by atoms with van der Waals surface area (Å²) < 4.78 is 0. The Morgan fingerprint density at radius 2 is 2.50 bits per heavy atom. The number of carbonyl (C=O) groups is 1. The van der Waals surface area contributed by atoms with Gasteiger partial charge in [-0.3, -0.25) is 4.79 Å². The molecule has 4 nitrogen and oxygen atoms in total. The summed E-state index contributed by atoms with van der Waals surface area (Å²) in [7, 11) is 0. The van der Waals surface area contributed by atoms with E-state index in [-0.39, 0.29) is 5.91 Å². The van der Waals surface area contributed by atoms with Gasteiger partial charge in [-0.05, 0) is 12.1 Å². The van der Waals surface area contributed by atoms with Gasteiger partial charge >= 0.3 is 0 Å². The number of rotatable bonds is 2. The molecule has 0 radical (unpaired) electrons. The second-order valence-electron chi connectivity index (χ2n) is 2.16. The molecule has 0 aliphatic rings. The summed E-state index contributed by atoms with van der Waals surface area (Å²) in [6, 6.07) is 3.65. The van der Waals surface area contributed by atoms with Crippen LogP contribution in [0.2, 0.25) is 0 Å². The Morgan fingerprint density at radius 3 is 3.08 bits per heavy atom. The number of nitrogens with one attached hydrogen (secondary N) is 1. The third kappa shape index (κ3) is 2.35. The Labute approximate surface area is 74.1 Å². The molecule has 1 rings (SSSR count). The topological polar surface area (TPSA) is 67.5 Å². The van der Waals surface area contributed by atoms with Gasteiger partial charge in [0.25, 0.3) is 0 Å². The summed E-state index contributed by atoms with van der Waals surface area (Å²) in [4.78, 5) is 11.5. The van der Waals surface area contributed by atoms with E-state index < -0.39 is 0 Å². The van der Waals surface area contributed by atoms with Crippen molar-refractivity contribution in [1.29, 1.82) is 0 Å². The Bertz CT molecular complexity index is 305. The van der Waals surface area contributed by atoms with E-state index in [0.717, 1.165) is 9.88 Å². The first-order chi connectivity index (χ1) is 5.72. The molecule has 1 amide bonds. The number of hydrazone groups is 1. The van der Waals surface area contributed by atoms with Crippen LogP contribution in [0.15, 0.2) is 17.2 Å². The summed E-state index contributed by atoms with van der Waals surface area (Å²) in [5.74, 6) is 4.88. The Hall–Kier alpha value is -1.36. The van der Waals surface area contributed by atoms with Crippen LogP contribution in [-0.2, 0) is 4.79 Å². The SMILES string of the molecule is CC(=O)Nc1ccc(/C=N/N)s1. The highest BCUT2D eigenvalue weighted by Gasteiger charge is 1.98. The monoisotopic (exact) mass is 183 g/mol. The van der Waals surface area contributed by atoms with Crippen molar-refractivity contribution in [2.75, 3.05) is 5.32 Å². The van der Waals surface area contributed by atoms with E-state index >= 15 is 0 Å². The van der Waals surface area contributed by atoms with Gasteiger partial charge in [0.15, 0.2) is 0 Å². The first kappa shape index (κ1) is 8.73. The van der Waals surface area contributed by atoms with Crippen LogP contribution in [0, 0.1) is 0 Å². The number of nitrogens with zero attached hydrogens (tertiary/aromatic N) is 1. The maximum Gasteiger partial charge on any atom is 0.221 e. The lowest BCUT2D eigenvalue weighted by Crippen LogP contribution is -2.03. The van der Waals surface area contributed by atoms with Gasteiger partial charge in [-0.1, -0.05) is 0 Å². The fraction of sp³-hybridized carbons (Fsp3) is 0.143. The predicted octanol–water partition coefficient (Wildman–Crippen LogP) is 0.999. The summed E-state index contributed by atoms with van der Waals surface area (Å²) in [6.07, 6.45) is 1.54. The second-order valence-corrected chi connectivity index (χ2v) is 3.28. The fourth-order valence-electron chi connectivity index (χ4n) is 0.736. The highest BCUT2D eigenvalue weighted by Crippen LogP contribution is 2.19. The van der Waals surface area contributed by atoms with Gasteiger partial charge in [-0.2, -0.15) is 5.10 Å². The highest BCUT2D eigenvalue weighted by molar-refractivity contribution is 7.17. The number of amides is 1. The van der Waals surface area contributed by atoms with Crippen molar-refractivity contribution in [2.45, 2.75) is 6.92 Å². The van der Waals surface area contributed by atoms with Crippen molar-refractivity contribution in [1.82, 2.24) is 0 Å². The van der Waals surface area contributed by atoms with Gasteiger partial charge in [0.1, 0.15) is 0 Å². The van der Waals surface area contributed by atoms with Gasteiger partial charge < -0.3 is 11.2 Å². The summed E-state index contributed by atoms with van der Waals surface area (Å²) in [6.45, 7) is 1.47. The van der Waals surface area contributed by atoms with Crippen LogP contribution in [0.4, 0.5) is 5.00 Å². The van der Waals surface area contributed by atoms with E-state index in [2.05, 4.69) is 10.4 Å². The smallest absolute Gasteiger partial charge is 0.221 e. The molecule has 0 atom stereocenters. The first-order valence-electron chi connectivity index (χ1n) is 3.33. The molecule has 1 aromatic rings. The molecule has 0 aliphatic heterocycles. The van der Waals surface area contributed by atoms with Gasteiger partial charge in [0.05, 0.1) is 11.2 Å². The number of thiophene rings is 1. The normalized spacial score (nSPS) is 10.4. The van der Waals surface area contributed by atoms with Crippen molar-refractivity contribution in [3.8, 4) is 0 Å². The molecule has 0 saturated heterocycles. The Kier molecular flexibility index (Phi) is 2.82. The zero-order valence-electron chi connectivity index (χ0n) is 6.57. The molecule has 1 aromatic heterocycles. The van der Waals surface area contributed by atoms with Crippen molar-refractivity contribution < 1.29 is 4.79 Å². The third-order valence-corrected chi connectivity index (χ3v) is 2.06. The number of carbonyl (C=O) groups excluding carboxylic acids is 1. The predicted molar refractivity (Wildman–Crippen MR) is 50.4 cm³/mol. The molecular weight excluding hydrogens is 174 g/mol. The quantitative estimate of drug-likeness (QED) is 0.408. The minimum absolute atomic E-state index is 0.0758. The minimum atomic E-state index is -0.0758. The molecule has 64 valence electrons. The van der Waals surface area contributed by atoms with Gasteiger partial charge in [0, 0.05) is 11.8 Å². The number of hydrogen-bond donors (Lipinski definition) is 2. The van der Waals surface area contributed by atoms with Crippen LogP contribution >= 0.6 is 11.3 Å². The highest BCUT2D eigenvalue weighted by atomic mass is 32.1. The lowest BCUT2D eigenvalue weighted by atomic mass is 10.5. The van der Waals surface area contributed by atoms with Crippen LogP contribution < -0.4 is 11.2 Å². The Balaban J connectivity index is 2.70. The molecule has 12 heavy (non-hydrogen) atoms. The van der Waals surface area contributed by atoms with E-state index in [4.69, 9.17) is 5.84 Å². The van der Waals surface area contributed by atoms with E-state index in [1.54, 1.807) is 0 Å². The van der Waals surface area contributed by atoms with Gasteiger partial charge in [0.2, 0.25) is 5.91 Å². The largest absolute Gasteiger partial charge is 0.323 e. The van der Waals surface area contributed by atoms with E-state index in [1.165, 1.54) is 24.5 Å². The molecule has 0 fully saturated rings. The standard InChI is InChI=1S/C7H9N3OS/c1-5(11)10-7-3-2-6(12-7)4-9-8/h2-4H,8H2,1H3,(H,10,11)/b9-4+.